The van der Waals surface area contributed by atoms with Crippen molar-refractivity contribution in [2.24, 2.45) is 0 Å². The first-order valence-electron chi connectivity index (χ1n) is 5.98. The summed E-state index contributed by atoms with van der Waals surface area (Å²) in [6.07, 6.45) is 1.05. The summed E-state index contributed by atoms with van der Waals surface area (Å²) < 4.78 is 2.13. The fourth-order valence-corrected chi connectivity index (χ4v) is 2.55. The van der Waals surface area contributed by atoms with Gasteiger partial charge in [-0.05, 0) is 39.2 Å². The second-order valence-electron chi connectivity index (χ2n) is 4.58. The highest BCUT2D eigenvalue weighted by Crippen LogP contribution is 2.25. The second-order valence-corrected chi connectivity index (χ2v) is 5.25. The van der Waals surface area contributed by atoms with E-state index in [1.807, 2.05) is 18.2 Å². The number of benzene rings is 1. The summed E-state index contributed by atoms with van der Waals surface area (Å²) in [4.78, 5) is 6.69. The van der Waals surface area contributed by atoms with Gasteiger partial charge in [0, 0.05) is 6.54 Å². The molecule has 0 radical (unpaired) electrons. The predicted molar refractivity (Wildman–Crippen MR) is 77.5 cm³/mol. The van der Waals surface area contributed by atoms with Gasteiger partial charge in [-0.3, -0.25) is 0 Å². The van der Waals surface area contributed by atoms with Gasteiger partial charge in [-0.2, -0.15) is 0 Å². The Hall–Kier alpha value is -0.770. The highest BCUT2D eigenvalue weighted by molar-refractivity contribution is 6.35. The Kier molecular flexibility index (Phi) is 4.49. The molecule has 0 aliphatic heterocycles. The first kappa shape index (κ1) is 13.7. The molecule has 2 aromatic rings. The van der Waals surface area contributed by atoms with Gasteiger partial charge in [-0.25, -0.2) is 4.98 Å². The van der Waals surface area contributed by atoms with Crippen molar-refractivity contribution < 1.29 is 0 Å². The fourth-order valence-electron chi connectivity index (χ4n) is 2.08. The zero-order valence-electron chi connectivity index (χ0n) is 10.7. The van der Waals surface area contributed by atoms with E-state index < -0.39 is 0 Å². The molecule has 0 fully saturated rings. The van der Waals surface area contributed by atoms with Gasteiger partial charge < -0.3 is 9.47 Å². The van der Waals surface area contributed by atoms with Crippen molar-refractivity contribution in [3.8, 4) is 0 Å². The molecule has 98 valence electrons. The predicted octanol–water partition coefficient (Wildman–Crippen LogP) is 3.38. The Morgan fingerprint density at radius 3 is 2.78 bits per heavy atom. The van der Waals surface area contributed by atoms with Crippen LogP contribution in [0.2, 0.25) is 5.02 Å². The van der Waals surface area contributed by atoms with Crippen molar-refractivity contribution in [2.75, 3.05) is 20.6 Å². The van der Waals surface area contributed by atoms with Crippen molar-refractivity contribution in [1.82, 2.24) is 14.5 Å². The van der Waals surface area contributed by atoms with Gasteiger partial charge >= 0.3 is 0 Å². The molecule has 2 rings (SSSR count). The number of para-hydroxylation sites is 1. The van der Waals surface area contributed by atoms with Crippen LogP contribution in [0.15, 0.2) is 18.2 Å². The summed E-state index contributed by atoms with van der Waals surface area (Å²) in [6.45, 7) is 1.92. The van der Waals surface area contributed by atoms with E-state index in [-0.39, 0.29) is 0 Å². The summed E-state index contributed by atoms with van der Waals surface area (Å²) in [6, 6.07) is 5.78. The molecule has 1 heterocycles. The number of hydrogen-bond acceptors (Lipinski definition) is 2. The molecule has 0 bridgehead atoms. The number of halogens is 2. The average molecular weight is 286 g/mol. The summed E-state index contributed by atoms with van der Waals surface area (Å²) >= 11 is 12.2. The standard InChI is InChI=1S/C13H17Cl2N3/c1-17(2)7-4-8-18-12(9-14)16-11-6-3-5-10(15)13(11)18/h3,5-6H,4,7-9H2,1-2H3. The second kappa shape index (κ2) is 5.91. The van der Waals surface area contributed by atoms with Crippen molar-refractivity contribution in [3.05, 3.63) is 29.0 Å². The summed E-state index contributed by atoms with van der Waals surface area (Å²) in [5, 5.41) is 0.737. The van der Waals surface area contributed by atoms with E-state index in [0.29, 0.717) is 5.88 Å². The summed E-state index contributed by atoms with van der Waals surface area (Å²) in [5.74, 6) is 1.30. The van der Waals surface area contributed by atoms with E-state index in [1.165, 1.54) is 0 Å². The van der Waals surface area contributed by atoms with Crippen LogP contribution in [0.5, 0.6) is 0 Å². The number of imidazole rings is 1. The lowest BCUT2D eigenvalue weighted by Gasteiger charge is -2.12. The normalized spacial score (nSPS) is 11.6. The molecule has 0 aliphatic carbocycles. The van der Waals surface area contributed by atoms with Crippen LogP contribution in [0.3, 0.4) is 0 Å². The molecule has 0 amide bonds. The number of hydrogen-bond donors (Lipinski definition) is 0. The van der Waals surface area contributed by atoms with Crippen molar-refractivity contribution >= 4 is 34.2 Å². The van der Waals surface area contributed by atoms with E-state index in [9.17, 15) is 0 Å². The van der Waals surface area contributed by atoms with Crippen LogP contribution in [-0.2, 0) is 12.4 Å². The number of aromatic nitrogens is 2. The lowest BCUT2D eigenvalue weighted by molar-refractivity contribution is 0.386. The van der Waals surface area contributed by atoms with Crippen molar-refractivity contribution in [3.63, 3.8) is 0 Å². The topological polar surface area (TPSA) is 21.1 Å². The average Bonchev–Trinajstić information content (AvgIpc) is 2.68. The van der Waals surface area contributed by atoms with Crippen LogP contribution < -0.4 is 0 Å². The minimum atomic E-state index is 0.410. The lowest BCUT2D eigenvalue weighted by Crippen LogP contribution is -2.15. The maximum atomic E-state index is 6.26. The Balaban J connectivity index is 2.34. The zero-order chi connectivity index (χ0) is 13.1. The molecular formula is C13H17Cl2N3. The Bertz CT molecular complexity index is 534. The van der Waals surface area contributed by atoms with Crippen LogP contribution in [0, 0.1) is 0 Å². The highest BCUT2D eigenvalue weighted by Gasteiger charge is 2.12. The van der Waals surface area contributed by atoms with Gasteiger partial charge in [-0.15, -0.1) is 11.6 Å². The van der Waals surface area contributed by atoms with Gasteiger partial charge in [0.1, 0.15) is 5.82 Å². The summed E-state index contributed by atoms with van der Waals surface area (Å²) in [7, 11) is 4.14. The molecule has 1 aromatic heterocycles. The molecule has 1 aromatic carbocycles. The molecule has 18 heavy (non-hydrogen) atoms. The maximum absolute atomic E-state index is 6.26. The number of rotatable bonds is 5. The summed E-state index contributed by atoms with van der Waals surface area (Å²) in [5.41, 5.74) is 1.91. The maximum Gasteiger partial charge on any atom is 0.124 e. The quantitative estimate of drug-likeness (QED) is 0.786. The highest BCUT2D eigenvalue weighted by atomic mass is 35.5. The van der Waals surface area contributed by atoms with Crippen LogP contribution >= 0.6 is 23.2 Å². The minimum Gasteiger partial charge on any atom is -0.326 e. The minimum absolute atomic E-state index is 0.410. The third-order valence-corrected chi connectivity index (χ3v) is 3.45. The molecule has 5 heteroatoms. The third kappa shape index (κ3) is 2.79. The Labute approximate surface area is 117 Å². The lowest BCUT2D eigenvalue weighted by atomic mass is 10.3. The molecule has 0 saturated heterocycles. The van der Waals surface area contributed by atoms with E-state index >= 15 is 0 Å². The molecule has 0 N–H and O–H groups in total. The van der Waals surface area contributed by atoms with Gasteiger partial charge in [0.25, 0.3) is 0 Å². The number of fused-ring (bicyclic) bond motifs is 1. The molecule has 3 nitrogen and oxygen atoms in total. The Morgan fingerprint density at radius 2 is 2.11 bits per heavy atom. The van der Waals surface area contributed by atoms with Crippen LogP contribution in [0.1, 0.15) is 12.2 Å². The molecular weight excluding hydrogens is 269 g/mol. The van der Waals surface area contributed by atoms with Gasteiger partial charge in [0.2, 0.25) is 0 Å². The smallest absolute Gasteiger partial charge is 0.124 e. The monoisotopic (exact) mass is 285 g/mol. The first-order valence-corrected chi connectivity index (χ1v) is 6.89. The van der Waals surface area contributed by atoms with Gasteiger partial charge in [-0.1, -0.05) is 17.7 Å². The number of alkyl halides is 1. The van der Waals surface area contributed by atoms with E-state index in [4.69, 9.17) is 23.2 Å². The van der Waals surface area contributed by atoms with E-state index in [0.717, 1.165) is 41.4 Å². The molecule has 0 atom stereocenters. The van der Waals surface area contributed by atoms with Crippen molar-refractivity contribution in [2.45, 2.75) is 18.8 Å². The Morgan fingerprint density at radius 1 is 1.33 bits per heavy atom. The van der Waals surface area contributed by atoms with Crippen LogP contribution in [0.4, 0.5) is 0 Å². The van der Waals surface area contributed by atoms with Gasteiger partial charge in [0.15, 0.2) is 0 Å². The first-order chi connectivity index (χ1) is 8.63. The zero-order valence-corrected chi connectivity index (χ0v) is 12.2. The molecule has 0 unspecified atom stereocenters. The molecule has 0 spiro atoms. The van der Waals surface area contributed by atoms with Crippen molar-refractivity contribution in [1.29, 1.82) is 0 Å². The number of nitrogens with zero attached hydrogens (tertiary/aromatic N) is 3. The van der Waals surface area contributed by atoms with Gasteiger partial charge in [0.05, 0.1) is 21.9 Å². The fraction of sp³-hybridized carbons (Fsp3) is 0.462. The molecule has 0 saturated carbocycles. The van der Waals surface area contributed by atoms with Crippen LogP contribution in [-0.4, -0.2) is 35.1 Å². The van der Waals surface area contributed by atoms with E-state index in [1.54, 1.807) is 0 Å². The largest absolute Gasteiger partial charge is 0.326 e. The number of aryl methyl sites for hydroxylation is 1. The third-order valence-electron chi connectivity index (χ3n) is 2.90. The van der Waals surface area contributed by atoms with E-state index in [2.05, 4.69) is 28.5 Å². The molecule has 0 aliphatic rings. The van der Waals surface area contributed by atoms with Crippen LogP contribution in [0.25, 0.3) is 11.0 Å². The SMILES string of the molecule is CN(C)CCCn1c(CCl)nc2cccc(Cl)c21.